The number of hydrogen-bond donors (Lipinski definition) is 1. The summed E-state index contributed by atoms with van der Waals surface area (Å²) in [6.07, 6.45) is 18.9. The number of rotatable bonds is 9. The molecule has 0 unspecified atom stereocenters. The summed E-state index contributed by atoms with van der Waals surface area (Å²) >= 11 is 0. The van der Waals surface area contributed by atoms with E-state index < -0.39 is 0 Å². The van der Waals surface area contributed by atoms with E-state index in [2.05, 4.69) is 31.3 Å². The molecule has 0 aromatic carbocycles. The van der Waals surface area contributed by atoms with Crippen LogP contribution in [0.4, 0.5) is 0 Å². The smallest absolute Gasteiger partial charge is 0.243 e. The molecule has 2 heteroatoms. The molecule has 1 amide bonds. The van der Waals surface area contributed by atoms with E-state index in [0.29, 0.717) is 5.92 Å². The van der Waals surface area contributed by atoms with Gasteiger partial charge in [-0.2, -0.15) is 0 Å². The minimum absolute atomic E-state index is 0.0125. The standard InChI is InChI=1S/C17H27NO/c1-4-5-6-7-8-9-10-11-12-13-14-17(19)18-15-16(2)3/h4-9,13-14,16H,10-12,15H2,1-3H3,(H,18,19). The summed E-state index contributed by atoms with van der Waals surface area (Å²) in [5.74, 6) is 0.511. The molecule has 0 aromatic heterocycles. The first-order valence-electron chi connectivity index (χ1n) is 7.05. The fourth-order valence-electron chi connectivity index (χ4n) is 1.32. The molecule has 0 aliphatic heterocycles. The lowest BCUT2D eigenvalue weighted by Crippen LogP contribution is -2.25. The van der Waals surface area contributed by atoms with Crippen molar-refractivity contribution in [3.05, 3.63) is 48.6 Å². The maximum Gasteiger partial charge on any atom is 0.243 e. The molecule has 0 atom stereocenters. The summed E-state index contributed by atoms with van der Waals surface area (Å²) in [6.45, 7) is 6.91. The van der Waals surface area contributed by atoms with Gasteiger partial charge in [0.05, 0.1) is 0 Å². The normalized spacial score (nSPS) is 12.6. The number of amides is 1. The predicted molar refractivity (Wildman–Crippen MR) is 83.9 cm³/mol. The lowest BCUT2D eigenvalue weighted by atomic mass is 10.2. The molecular formula is C17H27NO. The summed E-state index contributed by atoms with van der Waals surface area (Å²) in [7, 11) is 0. The Hall–Kier alpha value is -1.57. The van der Waals surface area contributed by atoms with Crippen molar-refractivity contribution < 1.29 is 4.79 Å². The van der Waals surface area contributed by atoms with Crippen LogP contribution in [0, 0.1) is 5.92 Å². The maximum absolute atomic E-state index is 11.4. The van der Waals surface area contributed by atoms with Gasteiger partial charge >= 0.3 is 0 Å². The number of carbonyl (C=O) groups is 1. The molecule has 0 aliphatic carbocycles. The number of nitrogens with one attached hydrogen (secondary N) is 1. The van der Waals surface area contributed by atoms with Gasteiger partial charge in [0.2, 0.25) is 5.91 Å². The van der Waals surface area contributed by atoms with Crippen molar-refractivity contribution in [2.75, 3.05) is 6.54 Å². The van der Waals surface area contributed by atoms with Crippen LogP contribution in [0.3, 0.4) is 0 Å². The second-order valence-corrected chi connectivity index (χ2v) is 4.81. The van der Waals surface area contributed by atoms with Crippen molar-refractivity contribution in [3.63, 3.8) is 0 Å². The van der Waals surface area contributed by atoms with Gasteiger partial charge in [-0.25, -0.2) is 0 Å². The lowest BCUT2D eigenvalue weighted by Gasteiger charge is -2.04. The highest BCUT2D eigenvalue weighted by Crippen LogP contribution is 1.98. The maximum atomic E-state index is 11.4. The second-order valence-electron chi connectivity index (χ2n) is 4.81. The number of allylic oxidation sites excluding steroid dienone is 7. The second kappa shape index (κ2) is 12.9. The third-order valence-corrected chi connectivity index (χ3v) is 2.36. The van der Waals surface area contributed by atoms with Crippen molar-refractivity contribution in [2.24, 2.45) is 5.92 Å². The zero-order valence-electron chi connectivity index (χ0n) is 12.4. The molecule has 0 aromatic rings. The van der Waals surface area contributed by atoms with Crippen molar-refractivity contribution in [2.45, 2.75) is 40.0 Å². The summed E-state index contributed by atoms with van der Waals surface area (Å²) in [4.78, 5) is 11.4. The Labute approximate surface area is 118 Å². The van der Waals surface area contributed by atoms with Crippen LogP contribution in [-0.4, -0.2) is 12.5 Å². The average molecular weight is 261 g/mol. The van der Waals surface area contributed by atoms with Gasteiger partial charge < -0.3 is 5.32 Å². The molecule has 0 heterocycles. The van der Waals surface area contributed by atoms with Gasteiger partial charge in [-0.15, -0.1) is 0 Å². The van der Waals surface area contributed by atoms with E-state index in [-0.39, 0.29) is 5.91 Å². The van der Waals surface area contributed by atoms with Gasteiger partial charge in [-0.05, 0) is 38.2 Å². The third kappa shape index (κ3) is 14.4. The Morgan fingerprint density at radius 1 is 1.05 bits per heavy atom. The van der Waals surface area contributed by atoms with Crippen LogP contribution in [0.15, 0.2) is 48.6 Å². The number of unbranched alkanes of at least 4 members (excludes halogenated alkanes) is 2. The van der Waals surface area contributed by atoms with E-state index >= 15 is 0 Å². The van der Waals surface area contributed by atoms with E-state index in [1.165, 1.54) is 0 Å². The summed E-state index contributed by atoms with van der Waals surface area (Å²) in [6, 6.07) is 0. The summed E-state index contributed by atoms with van der Waals surface area (Å²) in [5.41, 5.74) is 0. The van der Waals surface area contributed by atoms with E-state index in [1.54, 1.807) is 6.08 Å². The molecule has 0 rings (SSSR count). The molecular weight excluding hydrogens is 234 g/mol. The Bertz CT molecular complexity index is 335. The van der Waals surface area contributed by atoms with Crippen molar-refractivity contribution in [1.29, 1.82) is 0 Å². The molecule has 1 N–H and O–H groups in total. The quantitative estimate of drug-likeness (QED) is 0.376. The first-order chi connectivity index (χ1) is 9.16. The van der Waals surface area contributed by atoms with Crippen LogP contribution in [0.25, 0.3) is 0 Å². The Morgan fingerprint density at radius 3 is 2.42 bits per heavy atom. The molecule has 0 aliphatic rings. The molecule has 2 nitrogen and oxygen atoms in total. The molecule has 106 valence electrons. The Kier molecular flexibility index (Phi) is 11.8. The van der Waals surface area contributed by atoms with Gasteiger partial charge in [0, 0.05) is 6.54 Å². The minimum Gasteiger partial charge on any atom is -0.352 e. The van der Waals surface area contributed by atoms with Crippen molar-refractivity contribution >= 4 is 5.91 Å². The number of hydrogen-bond acceptors (Lipinski definition) is 1. The summed E-state index contributed by atoms with van der Waals surface area (Å²) in [5, 5.41) is 2.86. The zero-order chi connectivity index (χ0) is 14.3. The fourth-order valence-corrected chi connectivity index (χ4v) is 1.32. The van der Waals surface area contributed by atoms with Crippen LogP contribution < -0.4 is 5.32 Å². The van der Waals surface area contributed by atoms with Crippen LogP contribution in [0.5, 0.6) is 0 Å². The molecule has 0 saturated heterocycles. The number of carbonyl (C=O) groups excluding carboxylic acids is 1. The molecule has 0 spiro atoms. The highest BCUT2D eigenvalue weighted by atomic mass is 16.1. The highest BCUT2D eigenvalue weighted by Gasteiger charge is 1.96. The predicted octanol–water partition coefficient (Wildman–Crippen LogP) is 4.17. The topological polar surface area (TPSA) is 29.1 Å². The zero-order valence-corrected chi connectivity index (χ0v) is 12.4. The first-order valence-corrected chi connectivity index (χ1v) is 7.05. The van der Waals surface area contributed by atoms with Crippen molar-refractivity contribution in [3.8, 4) is 0 Å². The lowest BCUT2D eigenvalue weighted by molar-refractivity contribution is -0.116. The third-order valence-electron chi connectivity index (χ3n) is 2.36. The van der Waals surface area contributed by atoms with Gasteiger partial charge in [-0.3, -0.25) is 4.79 Å². The first kappa shape index (κ1) is 17.4. The van der Waals surface area contributed by atoms with Crippen LogP contribution >= 0.6 is 0 Å². The fraction of sp³-hybridized carbons (Fsp3) is 0.471. The van der Waals surface area contributed by atoms with Crippen molar-refractivity contribution in [1.82, 2.24) is 5.32 Å². The van der Waals surface area contributed by atoms with Gasteiger partial charge in [0.1, 0.15) is 0 Å². The van der Waals surface area contributed by atoms with Gasteiger partial charge in [0.25, 0.3) is 0 Å². The van der Waals surface area contributed by atoms with E-state index in [9.17, 15) is 4.79 Å². The molecule has 0 bridgehead atoms. The minimum atomic E-state index is 0.0125. The monoisotopic (exact) mass is 261 g/mol. The van der Waals surface area contributed by atoms with E-state index in [4.69, 9.17) is 0 Å². The van der Waals surface area contributed by atoms with E-state index in [1.807, 2.05) is 37.3 Å². The summed E-state index contributed by atoms with van der Waals surface area (Å²) < 4.78 is 0. The highest BCUT2D eigenvalue weighted by molar-refractivity contribution is 5.87. The van der Waals surface area contributed by atoms with Crippen LogP contribution in [0.1, 0.15) is 40.0 Å². The van der Waals surface area contributed by atoms with Gasteiger partial charge in [0.15, 0.2) is 0 Å². The SMILES string of the molecule is CC=CC=CC=CCCCC=CC(=O)NCC(C)C. The van der Waals surface area contributed by atoms with Gasteiger partial charge in [-0.1, -0.05) is 56.4 Å². The molecule has 0 radical (unpaired) electrons. The van der Waals surface area contributed by atoms with Crippen LogP contribution in [0.2, 0.25) is 0 Å². The molecule has 19 heavy (non-hydrogen) atoms. The van der Waals surface area contributed by atoms with Crippen LogP contribution in [-0.2, 0) is 4.79 Å². The Morgan fingerprint density at radius 2 is 1.74 bits per heavy atom. The molecule has 0 saturated carbocycles. The average Bonchev–Trinajstić information content (AvgIpc) is 2.38. The van der Waals surface area contributed by atoms with E-state index in [0.717, 1.165) is 25.8 Å². The largest absolute Gasteiger partial charge is 0.352 e. The molecule has 0 fully saturated rings. The Balaban J connectivity index is 3.55.